The van der Waals surface area contributed by atoms with Crippen LogP contribution in [0.4, 0.5) is 22.7 Å². The molecule has 0 saturated carbocycles. The van der Waals surface area contributed by atoms with Gasteiger partial charge in [0.1, 0.15) is 0 Å². The molecule has 148 valence electrons. The van der Waals surface area contributed by atoms with Gasteiger partial charge < -0.3 is 9.80 Å². The van der Waals surface area contributed by atoms with Gasteiger partial charge in [0.25, 0.3) is 0 Å². The lowest BCUT2D eigenvalue weighted by molar-refractivity contribution is 0.803. The predicted molar refractivity (Wildman–Crippen MR) is 127 cm³/mol. The average Bonchev–Trinajstić information content (AvgIpc) is 2.84. The second kappa shape index (κ2) is 7.72. The van der Waals surface area contributed by atoms with E-state index in [0.29, 0.717) is 0 Å². The third-order valence-corrected chi connectivity index (χ3v) is 6.23. The molecule has 1 heterocycles. The first-order chi connectivity index (χ1) is 14.7. The fourth-order valence-electron chi connectivity index (χ4n) is 4.70. The zero-order valence-electron chi connectivity index (χ0n) is 17.5. The van der Waals surface area contributed by atoms with E-state index in [1.54, 1.807) is 0 Å². The highest BCUT2D eigenvalue weighted by Crippen LogP contribution is 2.46. The number of nitrogens with zero attached hydrogens (tertiary/aromatic N) is 2. The molecule has 0 N–H and O–H groups in total. The van der Waals surface area contributed by atoms with Crippen LogP contribution in [0, 0.1) is 0 Å². The lowest BCUT2D eigenvalue weighted by Gasteiger charge is -2.28. The van der Waals surface area contributed by atoms with Gasteiger partial charge in [-0.2, -0.15) is 0 Å². The zero-order chi connectivity index (χ0) is 20.5. The summed E-state index contributed by atoms with van der Waals surface area (Å²) in [7, 11) is 4.36. The number of anilines is 4. The first kappa shape index (κ1) is 18.5. The molecule has 0 atom stereocenters. The van der Waals surface area contributed by atoms with Crippen LogP contribution in [0.1, 0.15) is 22.6 Å². The van der Waals surface area contributed by atoms with Crippen LogP contribution in [0.15, 0.2) is 103 Å². The van der Waals surface area contributed by atoms with E-state index in [9.17, 15) is 0 Å². The van der Waals surface area contributed by atoms with E-state index in [1.807, 2.05) is 0 Å². The van der Waals surface area contributed by atoms with Crippen molar-refractivity contribution in [3.8, 4) is 0 Å². The molecule has 30 heavy (non-hydrogen) atoms. The molecule has 0 fully saturated rings. The fourth-order valence-corrected chi connectivity index (χ4v) is 4.70. The van der Waals surface area contributed by atoms with Crippen LogP contribution >= 0.6 is 0 Å². The van der Waals surface area contributed by atoms with Gasteiger partial charge in [-0.25, -0.2) is 0 Å². The molecule has 0 aliphatic carbocycles. The molecule has 4 aromatic rings. The second-order valence-corrected chi connectivity index (χ2v) is 7.97. The van der Waals surface area contributed by atoms with Gasteiger partial charge in [0.2, 0.25) is 0 Å². The van der Waals surface area contributed by atoms with Crippen LogP contribution in [-0.2, 0) is 6.42 Å². The summed E-state index contributed by atoms with van der Waals surface area (Å²) in [6.45, 7) is 0. The van der Waals surface area contributed by atoms with Crippen LogP contribution in [0.2, 0.25) is 0 Å². The summed E-state index contributed by atoms with van der Waals surface area (Å²) < 4.78 is 0. The molecule has 0 saturated heterocycles. The predicted octanol–water partition coefficient (Wildman–Crippen LogP) is 6.91. The van der Waals surface area contributed by atoms with Gasteiger partial charge in [-0.15, -0.1) is 0 Å². The summed E-state index contributed by atoms with van der Waals surface area (Å²) in [6.07, 6.45) is 0.965. The van der Waals surface area contributed by atoms with Gasteiger partial charge in [0, 0.05) is 31.4 Å². The molecule has 1 aliphatic rings. The van der Waals surface area contributed by atoms with Crippen molar-refractivity contribution in [1.82, 2.24) is 0 Å². The first-order valence-corrected chi connectivity index (χ1v) is 10.5. The Morgan fingerprint density at radius 2 is 0.900 bits per heavy atom. The maximum absolute atomic E-state index is 2.34. The number of fused-ring (bicyclic) bond motifs is 3. The molecule has 0 spiro atoms. The Morgan fingerprint density at radius 1 is 0.500 bits per heavy atom. The molecule has 0 bridgehead atoms. The summed E-state index contributed by atoms with van der Waals surface area (Å²) in [5.41, 5.74) is 9.02. The summed E-state index contributed by atoms with van der Waals surface area (Å²) in [5.74, 6) is 0.263. The molecule has 4 aromatic carbocycles. The van der Waals surface area contributed by atoms with Crippen LogP contribution in [-0.4, -0.2) is 14.1 Å². The third kappa shape index (κ3) is 3.15. The Labute approximate surface area is 179 Å². The Balaban J connectivity index is 1.79. The Hall–Kier alpha value is -3.52. The SMILES string of the molecule is CN1c2ccccc2C(Cc2ccccc2)c2ccccc2N(C)c2ccccc21. The standard InChI is InChI=1S/C28H26N2/c1-29-25-16-8-6-14-22(25)24(20-21-12-4-3-5-13-21)23-15-7-9-17-26(23)30(2)28-19-11-10-18-27(28)29/h3-19,24H,20H2,1-2H3. The Bertz CT molecular complexity index is 1090. The summed E-state index contributed by atoms with van der Waals surface area (Å²) in [5, 5.41) is 0. The number of hydrogen-bond donors (Lipinski definition) is 0. The highest BCUT2D eigenvalue weighted by molar-refractivity contribution is 5.84. The molecule has 2 nitrogen and oxygen atoms in total. The van der Waals surface area contributed by atoms with Crippen molar-refractivity contribution in [2.24, 2.45) is 0 Å². The van der Waals surface area contributed by atoms with Gasteiger partial charge in [0.15, 0.2) is 0 Å². The minimum Gasteiger partial charge on any atom is -0.343 e. The molecule has 0 unspecified atom stereocenters. The number of rotatable bonds is 2. The smallest absolute Gasteiger partial charge is 0.0649 e. The zero-order valence-corrected chi connectivity index (χ0v) is 17.5. The highest BCUT2D eigenvalue weighted by atomic mass is 15.2. The van der Waals surface area contributed by atoms with E-state index in [-0.39, 0.29) is 5.92 Å². The van der Waals surface area contributed by atoms with Crippen molar-refractivity contribution in [3.63, 3.8) is 0 Å². The molecule has 0 amide bonds. The van der Waals surface area contributed by atoms with E-state index in [1.165, 1.54) is 39.4 Å². The second-order valence-electron chi connectivity index (χ2n) is 7.97. The maximum atomic E-state index is 2.34. The van der Waals surface area contributed by atoms with Crippen LogP contribution in [0.5, 0.6) is 0 Å². The number of para-hydroxylation sites is 4. The van der Waals surface area contributed by atoms with Crippen molar-refractivity contribution in [2.75, 3.05) is 23.9 Å². The summed E-state index contributed by atoms with van der Waals surface area (Å²) in [6, 6.07) is 37.2. The van der Waals surface area contributed by atoms with Crippen LogP contribution in [0.3, 0.4) is 0 Å². The summed E-state index contributed by atoms with van der Waals surface area (Å²) in [4.78, 5) is 4.68. The minimum atomic E-state index is 0.263. The maximum Gasteiger partial charge on any atom is 0.0649 e. The van der Waals surface area contributed by atoms with Crippen molar-refractivity contribution >= 4 is 22.7 Å². The van der Waals surface area contributed by atoms with E-state index in [0.717, 1.165) is 6.42 Å². The normalized spacial score (nSPS) is 13.5. The molecule has 1 aliphatic heterocycles. The molecule has 5 rings (SSSR count). The van der Waals surface area contributed by atoms with Gasteiger partial charge in [-0.3, -0.25) is 0 Å². The number of benzene rings is 4. The van der Waals surface area contributed by atoms with Crippen molar-refractivity contribution < 1.29 is 0 Å². The molecule has 2 heteroatoms. The van der Waals surface area contributed by atoms with Crippen molar-refractivity contribution in [2.45, 2.75) is 12.3 Å². The van der Waals surface area contributed by atoms with Gasteiger partial charge in [-0.05, 0) is 47.4 Å². The topological polar surface area (TPSA) is 6.48 Å². The van der Waals surface area contributed by atoms with E-state index in [2.05, 4.69) is 127 Å². The van der Waals surface area contributed by atoms with Crippen LogP contribution < -0.4 is 9.80 Å². The van der Waals surface area contributed by atoms with Crippen LogP contribution in [0.25, 0.3) is 0 Å². The van der Waals surface area contributed by atoms with Gasteiger partial charge >= 0.3 is 0 Å². The minimum absolute atomic E-state index is 0.263. The quantitative estimate of drug-likeness (QED) is 0.367. The van der Waals surface area contributed by atoms with Gasteiger partial charge in [0.05, 0.1) is 11.4 Å². The first-order valence-electron chi connectivity index (χ1n) is 10.5. The fraction of sp³-hybridized carbons (Fsp3) is 0.143. The average molecular weight is 391 g/mol. The molecular formula is C28H26N2. The van der Waals surface area contributed by atoms with Gasteiger partial charge in [-0.1, -0.05) is 78.9 Å². The lowest BCUT2D eigenvalue weighted by Crippen LogP contribution is -2.16. The third-order valence-electron chi connectivity index (χ3n) is 6.23. The largest absolute Gasteiger partial charge is 0.343 e. The van der Waals surface area contributed by atoms with E-state index >= 15 is 0 Å². The van der Waals surface area contributed by atoms with Crippen molar-refractivity contribution in [3.05, 3.63) is 120 Å². The number of hydrogen-bond acceptors (Lipinski definition) is 2. The molecule has 0 aromatic heterocycles. The molecule has 0 radical (unpaired) electrons. The monoisotopic (exact) mass is 390 g/mol. The summed E-state index contributed by atoms with van der Waals surface area (Å²) >= 11 is 0. The van der Waals surface area contributed by atoms with E-state index < -0.39 is 0 Å². The van der Waals surface area contributed by atoms with Crippen molar-refractivity contribution in [1.29, 1.82) is 0 Å². The lowest BCUT2D eigenvalue weighted by atomic mass is 9.84. The van der Waals surface area contributed by atoms with E-state index in [4.69, 9.17) is 0 Å². The highest BCUT2D eigenvalue weighted by Gasteiger charge is 2.27. The molecular weight excluding hydrogens is 364 g/mol. The Kier molecular flexibility index (Phi) is 4.76. The Morgan fingerprint density at radius 3 is 1.40 bits per heavy atom.